The van der Waals surface area contributed by atoms with Crippen molar-refractivity contribution in [1.29, 1.82) is 0 Å². The van der Waals surface area contributed by atoms with E-state index in [1.54, 1.807) is 16.4 Å². The predicted octanol–water partition coefficient (Wildman–Crippen LogP) is 2.18. The summed E-state index contributed by atoms with van der Waals surface area (Å²) in [6.07, 6.45) is 0.964. The molecule has 0 aliphatic carbocycles. The van der Waals surface area contributed by atoms with E-state index in [4.69, 9.17) is 10.5 Å². The van der Waals surface area contributed by atoms with Crippen molar-refractivity contribution in [3.8, 4) is 5.75 Å². The SMILES string of the molecule is CCOc1ccc(N)cc1S(=O)(=O)N1CCSC(CC)C1. The maximum absolute atomic E-state index is 12.9. The van der Waals surface area contributed by atoms with E-state index < -0.39 is 10.0 Å². The summed E-state index contributed by atoms with van der Waals surface area (Å²) in [5.41, 5.74) is 6.19. The summed E-state index contributed by atoms with van der Waals surface area (Å²) < 4.78 is 32.8. The fraction of sp³-hybridized carbons (Fsp3) is 0.571. The van der Waals surface area contributed by atoms with Gasteiger partial charge in [-0.3, -0.25) is 0 Å². The van der Waals surface area contributed by atoms with E-state index in [9.17, 15) is 8.42 Å². The summed E-state index contributed by atoms with van der Waals surface area (Å²) in [5.74, 6) is 1.20. The van der Waals surface area contributed by atoms with Gasteiger partial charge in [-0.25, -0.2) is 8.42 Å². The molecule has 1 fully saturated rings. The highest BCUT2D eigenvalue weighted by Crippen LogP contribution is 2.32. The predicted molar refractivity (Wildman–Crippen MR) is 87.3 cm³/mol. The maximum atomic E-state index is 12.9. The summed E-state index contributed by atoms with van der Waals surface area (Å²) in [6, 6.07) is 4.77. The van der Waals surface area contributed by atoms with Crippen molar-refractivity contribution in [2.24, 2.45) is 0 Å². The van der Waals surface area contributed by atoms with Crippen molar-refractivity contribution in [1.82, 2.24) is 4.31 Å². The lowest BCUT2D eigenvalue weighted by Gasteiger charge is -2.31. The van der Waals surface area contributed by atoms with Crippen LogP contribution in [0.2, 0.25) is 0 Å². The molecule has 7 heteroatoms. The van der Waals surface area contributed by atoms with Crippen LogP contribution >= 0.6 is 11.8 Å². The highest BCUT2D eigenvalue weighted by atomic mass is 32.2. The first-order valence-electron chi connectivity index (χ1n) is 7.13. The van der Waals surface area contributed by atoms with Crippen LogP contribution in [0.3, 0.4) is 0 Å². The van der Waals surface area contributed by atoms with E-state index in [0.717, 1.165) is 12.2 Å². The molecule has 0 spiro atoms. The zero-order valence-electron chi connectivity index (χ0n) is 12.4. The molecule has 0 saturated carbocycles. The average Bonchev–Trinajstić information content (AvgIpc) is 2.49. The van der Waals surface area contributed by atoms with E-state index in [2.05, 4.69) is 6.92 Å². The van der Waals surface area contributed by atoms with Gasteiger partial charge in [-0.2, -0.15) is 16.1 Å². The Kier molecular flexibility index (Phi) is 5.40. The molecule has 2 rings (SSSR count). The molecule has 1 aliphatic heterocycles. The van der Waals surface area contributed by atoms with Gasteiger partial charge < -0.3 is 10.5 Å². The van der Waals surface area contributed by atoms with Gasteiger partial charge in [0.25, 0.3) is 0 Å². The lowest BCUT2D eigenvalue weighted by atomic mass is 10.3. The van der Waals surface area contributed by atoms with Crippen molar-refractivity contribution in [3.05, 3.63) is 18.2 Å². The largest absolute Gasteiger partial charge is 0.492 e. The fourth-order valence-corrected chi connectivity index (χ4v) is 5.34. The van der Waals surface area contributed by atoms with Crippen LogP contribution in [0.5, 0.6) is 5.75 Å². The van der Waals surface area contributed by atoms with Gasteiger partial charge in [0, 0.05) is 29.8 Å². The second-order valence-corrected chi connectivity index (χ2v) is 8.22. The van der Waals surface area contributed by atoms with E-state index in [1.165, 1.54) is 6.07 Å². The minimum atomic E-state index is -3.57. The number of nitrogens with two attached hydrogens (primary N) is 1. The molecule has 0 bridgehead atoms. The number of hydrogen-bond acceptors (Lipinski definition) is 5. The molecule has 1 heterocycles. The Balaban J connectivity index is 2.36. The second kappa shape index (κ2) is 6.89. The van der Waals surface area contributed by atoms with Crippen LogP contribution in [0.1, 0.15) is 20.3 Å². The Morgan fingerprint density at radius 2 is 2.19 bits per heavy atom. The van der Waals surface area contributed by atoms with Gasteiger partial charge in [0.05, 0.1) is 6.61 Å². The van der Waals surface area contributed by atoms with Crippen LogP contribution in [0, 0.1) is 0 Å². The number of sulfonamides is 1. The van der Waals surface area contributed by atoms with Crippen molar-refractivity contribution in [2.75, 3.05) is 31.2 Å². The third-order valence-corrected chi connectivity index (χ3v) is 6.70. The molecule has 0 amide bonds. The number of benzene rings is 1. The fourth-order valence-electron chi connectivity index (χ4n) is 2.30. The molecule has 1 saturated heterocycles. The van der Waals surface area contributed by atoms with E-state index in [0.29, 0.717) is 36.4 Å². The topological polar surface area (TPSA) is 72.6 Å². The Labute approximate surface area is 130 Å². The van der Waals surface area contributed by atoms with Gasteiger partial charge in [-0.15, -0.1) is 0 Å². The number of thioether (sulfide) groups is 1. The third kappa shape index (κ3) is 3.64. The molecule has 21 heavy (non-hydrogen) atoms. The molecule has 1 atom stereocenters. The molecule has 1 aliphatic rings. The van der Waals surface area contributed by atoms with E-state index in [-0.39, 0.29) is 4.90 Å². The van der Waals surface area contributed by atoms with Gasteiger partial charge in [-0.1, -0.05) is 6.92 Å². The Hall–Kier alpha value is -0.920. The molecular weight excluding hydrogens is 308 g/mol. The van der Waals surface area contributed by atoms with Crippen LogP contribution in [0.4, 0.5) is 5.69 Å². The smallest absolute Gasteiger partial charge is 0.246 e. The lowest BCUT2D eigenvalue weighted by Crippen LogP contribution is -2.41. The molecule has 1 aromatic carbocycles. The quantitative estimate of drug-likeness (QED) is 0.838. The number of nitrogen functional groups attached to an aromatic ring is 1. The number of nitrogens with zero attached hydrogens (tertiary/aromatic N) is 1. The average molecular weight is 330 g/mol. The Bertz CT molecular complexity index is 590. The van der Waals surface area contributed by atoms with Gasteiger partial charge in [0.2, 0.25) is 10.0 Å². The monoisotopic (exact) mass is 330 g/mol. The summed E-state index contributed by atoms with van der Waals surface area (Å²) >= 11 is 1.83. The zero-order chi connectivity index (χ0) is 15.5. The van der Waals surface area contributed by atoms with Crippen molar-refractivity contribution in [2.45, 2.75) is 30.4 Å². The van der Waals surface area contributed by atoms with Crippen LogP contribution < -0.4 is 10.5 Å². The van der Waals surface area contributed by atoms with Crippen LogP contribution in [0.15, 0.2) is 23.1 Å². The molecule has 118 valence electrons. The van der Waals surface area contributed by atoms with Crippen LogP contribution in [0.25, 0.3) is 0 Å². The first-order valence-corrected chi connectivity index (χ1v) is 9.62. The van der Waals surface area contributed by atoms with Gasteiger partial charge in [0.1, 0.15) is 10.6 Å². The van der Waals surface area contributed by atoms with Gasteiger partial charge >= 0.3 is 0 Å². The summed E-state index contributed by atoms with van der Waals surface area (Å²) in [4.78, 5) is 0.172. The highest BCUT2D eigenvalue weighted by Gasteiger charge is 2.32. The molecule has 2 N–H and O–H groups in total. The molecule has 1 aromatic rings. The van der Waals surface area contributed by atoms with Crippen molar-refractivity contribution < 1.29 is 13.2 Å². The molecule has 0 aromatic heterocycles. The maximum Gasteiger partial charge on any atom is 0.246 e. The van der Waals surface area contributed by atoms with Gasteiger partial charge in [-0.05, 0) is 31.5 Å². The minimum Gasteiger partial charge on any atom is -0.492 e. The number of hydrogen-bond donors (Lipinski definition) is 1. The number of ether oxygens (including phenoxy) is 1. The summed E-state index contributed by atoms with van der Waals surface area (Å²) in [6.45, 7) is 5.41. The molecule has 1 unspecified atom stereocenters. The van der Waals surface area contributed by atoms with Crippen LogP contribution in [-0.4, -0.2) is 43.4 Å². The lowest BCUT2D eigenvalue weighted by molar-refractivity contribution is 0.328. The van der Waals surface area contributed by atoms with E-state index in [1.807, 2.05) is 18.7 Å². The third-order valence-electron chi connectivity index (χ3n) is 3.44. The first kappa shape index (κ1) is 16.5. The number of anilines is 1. The van der Waals surface area contributed by atoms with Crippen LogP contribution in [-0.2, 0) is 10.0 Å². The van der Waals surface area contributed by atoms with Crippen molar-refractivity contribution >= 4 is 27.5 Å². The zero-order valence-corrected chi connectivity index (χ0v) is 14.0. The Morgan fingerprint density at radius 3 is 2.86 bits per heavy atom. The molecule has 0 radical (unpaired) electrons. The minimum absolute atomic E-state index is 0.172. The normalized spacial score (nSPS) is 20.4. The first-order chi connectivity index (χ1) is 9.98. The van der Waals surface area contributed by atoms with E-state index >= 15 is 0 Å². The molecule has 5 nitrogen and oxygen atoms in total. The summed E-state index contributed by atoms with van der Waals surface area (Å²) in [7, 11) is -3.57. The summed E-state index contributed by atoms with van der Waals surface area (Å²) in [5, 5.41) is 0.352. The molecular formula is C14H22N2O3S2. The highest BCUT2D eigenvalue weighted by molar-refractivity contribution is 8.00. The number of rotatable bonds is 5. The standard InChI is InChI=1S/C14H22N2O3S2/c1-3-12-10-16(7-8-20-12)21(17,18)14-9-11(15)5-6-13(14)19-4-2/h5-6,9,12H,3-4,7-8,10,15H2,1-2H3. The second-order valence-electron chi connectivity index (χ2n) is 4.90. The van der Waals surface area contributed by atoms with Gasteiger partial charge in [0.15, 0.2) is 0 Å². The van der Waals surface area contributed by atoms with Crippen molar-refractivity contribution in [3.63, 3.8) is 0 Å². The Morgan fingerprint density at radius 1 is 1.43 bits per heavy atom.